The molecule has 5 rings (SSSR count). The van der Waals surface area contributed by atoms with Gasteiger partial charge in [-0.1, -0.05) is 49.7 Å². The van der Waals surface area contributed by atoms with Crippen LogP contribution < -0.4 is 10.1 Å². The Morgan fingerprint density at radius 2 is 1.74 bits per heavy atom. The van der Waals surface area contributed by atoms with Crippen molar-refractivity contribution in [2.75, 3.05) is 5.32 Å². The van der Waals surface area contributed by atoms with Crippen LogP contribution in [0, 0.1) is 21.7 Å². The number of nitro groups is 1. The SMILES string of the molecule is CCCCc1ccc(-c2nc(Nc3cc(Oc4ccc(F)cc4F)cc([N+](=O)[O-])c3)c3ccccc3n2)cc1. The number of ether oxygens (including phenoxy) is 1. The fourth-order valence-electron chi connectivity index (χ4n) is 4.14. The van der Waals surface area contributed by atoms with E-state index >= 15 is 0 Å². The summed E-state index contributed by atoms with van der Waals surface area (Å²) in [6.07, 6.45) is 3.23. The summed E-state index contributed by atoms with van der Waals surface area (Å²) in [5.74, 6) is -1.02. The highest BCUT2D eigenvalue weighted by Crippen LogP contribution is 2.34. The third kappa shape index (κ3) is 5.98. The molecule has 1 N–H and O–H groups in total. The molecular weight excluding hydrogens is 502 g/mol. The van der Waals surface area contributed by atoms with E-state index in [1.54, 1.807) is 0 Å². The van der Waals surface area contributed by atoms with E-state index < -0.39 is 16.6 Å². The van der Waals surface area contributed by atoms with Crippen molar-refractivity contribution in [1.29, 1.82) is 0 Å². The lowest BCUT2D eigenvalue weighted by Crippen LogP contribution is -2.01. The molecule has 0 bridgehead atoms. The van der Waals surface area contributed by atoms with Crippen molar-refractivity contribution in [3.63, 3.8) is 0 Å². The van der Waals surface area contributed by atoms with Crippen LogP contribution >= 0.6 is 0 Å². The fraction of sp³-hybridized carbons (Fsp3) is 0.133. The molecule has 0 aliphatic carbocycles. The smallest absolute Gasteiger partial charge is 0.275 e. The zero-order valence-corrected chi connectivity index (χ0v) is 21.0. The van der Waals surface area contributed by atoms with Gasteiger partial charge in [0.05, 0.1) is 22.2 Å². The van der Waals surface area contributed by atoms with E-state index in [0.29, 0.717) is 34.3 Å². The Kier molecular flexibility index (Phi) is 7.40. The molecule has 1 heterocycles. The maximum Gasteiger partial charge on any atom is 0.275 e. The van der Waals surface area contributed by atoms with Crippen molar-refractivity contribution in [3.8, 4) is 22.9 Å². The van der Waals surface area contributed by atoms with Gasteiger partial charge in [0, 0.05) is 29.1 Å². The number of anilines is 2. The zero-order chi connectivity index (χ0) is 27.4. The topological polar surface area (TPSA) is 90.2 Å². The van der Waals surface area contributed by atoms with Crippen molar-refractivity contribution < 1.29 is 18.4 Å². The molecule has 0 saturated heterocycles. The molecule has 0 unspecified atom stereocenters. The number of nitrogens with zero attached hydrogens (tertiary/aromatic N) is 3. The van der Waals surface area contributed by atoms with Gasteiger partial charge in [-0.2, -0.15) is 0 Å². The average molecular weight is 527 g/mol. The first-order valence-corrected chi connectivity index (χ1v) is 12.4. The number of aryl methyl sites for hydroxylation is 1. The number of nitro benzene ring substituents is 1. The molecule has 0 amide bonds. The lowest BCUT2D eigenvalue weighted by molar-refractivity contribution is -0.384. The van der Waals surface area contributed by atoms with E-state index in [1.165, 1.54) is 17.7 Å². The van der Waals surface area contributed by atoms with Crippen LogP contribution in [0.2, 0.25) is 0 Å². The highest BCUT2D eigenvalue weighted by atomic mass is 19.1. The second-order valence-corrected chi connectivity index (χ2v) is 8.99. The molecule has 0 radical (unpaired) electrons. The van der Waals surface area contributed by atoms with Gasteiger partial charge in [-0.25, -0.2) is 18.7 Å². The Hall–Kier alpha value is -4.92. The summed E-state index contributed by atoms with van der Waals surface area (Å²) in [6, 6.07) is 22.3. The minimum atomic E-state index is -0.928. The van der Waals surface area contributed by atoms with Crippen molar-refractivity contribution in [2.45, 2.75) is 26.2 Å². The first kappa shape index (κ1) is 25.7. The molecule has 0 aliphatic rings. The second kappa shape index (κ2) is 11.2. The summed E-state index contributed by atoms with van der Waals surface area (Å²) in [6.45, 7) is 2.16. The van der Waals surface area contributed by atoms with Crippen LogP contribution in [0.3, 0.4) is 0 Å². The van der Waals surface area contributed by atoms with Gasteiger partial charge in [0.1, 0.15) is 17.4 Å². The van der Waals surface area contributed by atoms with Crippen molar-refractivity contribution in [1.82, 2.24) is 9.97 Å². The Morgan fingerprint density at radius 1 is 0.949 bits per heavy atom. The molecule has 4 aromatic carbocycles. The van der Waals surface area contributed by atoms with E-state index in [4.69, 9.17) is 14.7 Å². The molecule has 9 heteroatoms. The molecule has 5 aromatic rings. The Balaban J connectivity index is 1.52. The van der Waals surface area contributed by atoms with E-state index in [9.17, 15) is 18.9 Å². The molecule has 0 fully saturated rings. The quantitative estimate of drug-likeness (QED) is 0.153. The molecule has 196 valence electrons. The first-order chi connectivity index (χ1) is 18.9. The van der Waals surface area contributed by atoms with E-state index in [-0.39, 0.29) is 17.2 Å². The lowest BCUT2D eigenvalue weighted by atomic mass is 10.1. The minimum absolute atomic E-state index is 0.00142. The summed E-state index contributed by atoms with van der Waals surface area (Å²) in [5, 5.41) is 15.5. The number of hydrogen-bond acceptors (Lipinski definition) is 6. The molecule has 0 saturated carbocycles. The molecule has 0 aliphatic heterocycles. The van der Waals surface area contributed by atoms with Crippen molar-refractivity contribution in [3.05, 3.63) is 112 Å². The van der Waals surface area contributed by atoms with Crippen molar-refractivity contribution in [2.24, 2.45) is 0 Å². The van der Waals surface area contributed by atoms with Gasteiger partial charge in [-0.15, -0.1) is 0 Å². The fourth-order valence-corrected chi connectivity index (χ4v) is 4.14. The monoisotopic (exact) mass is 526 g/mol. The van der Waals surface area contributed by atoms with Crippen LogP contribution in [0.5, 0.6) is 11.5 Å². The molecule has 39 heavy (non-hydrogen) atoms. The highest BCUT2D eigenvalue weighted by molar-refractivity contribution is 5.92. The number of hydrogen-bond donors (Lipinski definition) is 1. The number of non-ortho nitro benzene ring substituents is 1. The van der Waals surface area contributed by atoms with Crippen LogP contribution in [0.1, 0.15) is 25.3 Å². The van der Waals surface area contributed by atoms with Crippen molar-refractivity contribution >= 4 is 28.1 Å². The van der Waals surface area contributed by atoms with Gasteiger partial charge in [-0.3, -0.25) is 10.1 Å². The van der Waals surface area contributed by atoms with Crippen LogP contribution in [0.15, 0.2) is 84.9 Å². The first-order valence-electron chi connectivity index (χ1n) is 12.4. The number of fused-ring (bicyclic) bond motifs is 1. The molecule has 0 spiro atoms. The van der Waals surface area contributed by atoms with Gasteiger partial charge < -0.3 is 10.1 Å². The minimum Gasteiger partial charge on any atom is -0.454 e. The Morgan fingerprint density at radius 3 is 2.49 bits per heavy atom. The molecule has 1 aromatic heterocycles. The number of rotatable bonds is 9. The Labute approximate surface area is 223 Å². The number of benzene rings is 4. The summed E-state index contributed by atoms with van der Waals surface area (Å²) in [7, 11) is 0. The predicted octanol–water partition coefficient (Wildman–Crippen LogP) is 8.36. The number of para-hydroxylation sites is 1. The maximum atomic E-state index is 14.2. The van der Waals surface area contributed by atoms with E-state index in [1.807, 2.05) is 36.4 Å². The Bertz CT molecular complexity index is 1660. The summed E-state index contributed by atoms with van der Waals surface area (Å²) in [4.78, 5) is 20.5. The van der Waals surface area contributed by atoms with E-state index in [0.717, 1.165) is 43.0 Å². The normalized spacial score (nSPS) is 10.9. The highest BCUT2D eigenvalue weighted by Gasteiger charge is 2.16. The standard InChI is InChI=1S/C30H24F2N4O3/c1-2-3-6-19-9-11-20(12-10-19)29-34-27-8-5-4-7-25(27)30(35-29)33-22-16-23(36(37)38)18-24(17-22)39-28-14-13-21(31)15-26(28)32/h4-5,7-18H,2-3,6H2,1H3,(H,33,34,35). The molecule has 7 nitrogen and oxygen atoms in total. The molecular formula is C30H24F2N4O3. The van der Waals surface area contributed by atoms with Crippen LogP contribution in [-0.4, -0.2) is 14.9 Å². The third-order valence-corrected chi connectivity index (χ3v) is 6.12. The van der Waals surface area contributed by atoms with Gasteiger partial charge in [0.2, 0.25) is 0 Å². The number of nitrogens with one attached hydrogen (secondary N) is 1. The average Bonchev–Trinajstić information content (AvgIpc) is 2.93. The number of aromatic nitrogens is 2. The zero-order valence-electron chi connectivity index (χ0n) is 21.0. The lowest BCUT2D eigenvalue weighted by Gasteiger charge is -2.13. The van der Waals surface area contributed by atoms with Gasteiger partial charge in [-0.05, 0) is 42.7 Å². The van der Waals surface area contributed by atoms with E-state index in [2.05, 4.69) is 24.4 Å². The second-order valence-electron chi connectivity index (χ2n) is 8.99. The number of halogens is 2. The van der Waals surface area contributed by atoms with Gasteiger partial charge >= 0.3 is 0 Å². The number of unbranched alkanes of at least 4 members (excludes halogenated alkanes) is 1. The van der Waals surface area contributed by atoms with Gasteiger partial charge in [0.15, 0.2) is 17.4 Å². The predicted molar refractivity (Wildman–Crippen MR) is 146 cm³/mol. The van der Waals surface area contributed by atoms with Crippen LogP contribution in [0.4, 0.5) is 26.0 Å². The summed E-state index contributed by atoms with van der Waals surface area (Å²) in [5.41, 5.74) is 2.78. The summed E-state index contributed by atoms with van der Waals surface area (Å²) >= 11 is 0. The summed E-state index contributed by atoms with van der Waals surface area (Å²) < 4.78 is 33.0. The van der Waals surface area contributed by atoms with Crippen LogP contribution in [-0.2, 0) is 6.42 Å². The van der Waals surface area contributed by atoms with Gasteiger partial charge in [0.25, 0.3) is 5.69 Å². The third-order valence-electron chi connectivity index (χ3n) is 6.12. The maximum absolute atomic E-state index is 14.2. The largest absolute Gasteiger partial charge is 0.454 e. The van der Waals surface area contributed by atoms with Crippen LogP contribution in [0.25, 0.3) is 22.3 Å². The molecule has 0 atom stereocenters.